The first-order valence-corrected chi connectivity index (χ1v) is 7.53. The highest BCUT2D eigenvalue weighted by molar-refractivity contribution is 5.01. The number of aliphatic hydroxyl groups excluding tert-OH is 8. The van der Waals surface area contributed by atoms with Crippen LogP contribution in [0.25, 0.3) is 0 Å². The largest absolute Gasteiger partial charge is 0.395 e. The lowest BCUT2D eigenvalue weighted by Gasteiger charge is -2.45. The molecule has 23 heavy (non-hydrogen) atoms. The van der Waals surface area contributed by atoms with Gasteiger partial charge >= 0.3 is 0 Å². The number of hydrogen-bond donors (Lipinski definition) is 9. The van der Waals surface area contributed by atoms with Crippen LogP contribution >= 0.6 is 0 Å². The van der Waals surface area contributed by atoms with Crippen molar-refractivity contribution in [1.82, 2.24) is 5.32 Å². The maximum atomic E-state index is 10.0. The second-order valence-corrected chi connectivity index (χ2v) is 6.14. The molecule has 2 aliphatic rings. The normalized spacial score (nSPS) is 51.7. The average Bonchev–Trinajstić information content (AvgIpc) is 2.55. The summed E-state index contributed by atoms with van der Waals surface area (Å²) in [4.78, 5) is 0. The molecule has 0 saturated carbocycles. The minimum absolute atomic E-state index is 0.0805. The van der Waals surface area contributed by atoms with E-state index < -0.39 is 74.1 Å². The van der Waals surface area contributed by atoms with Gasteiger partial charge in [-0.25, -0.2) is 0 Å². The van der Waals surface area contributed by atoms with Crippen LogP contribution in [0.15, 0.2) is 0 Å². The van der Waals surface area contributed by atoms with Gasteiger partial charge in [-0.05, 0) is 6.42 Å². The average molecular weight is 339 g/mol. The van der Waals surface area contributed by atoms with Crippen molar-refractivity contribution in [3.63, 3.8) is 0 Å². The molecule has 9 N–H and O–H groups in total. The van der Waals surface area contributed by atoms with Crippen molar-refractivity contribution < 1.29 is 45.6 Å². The highest BCUT2D eigenvalue weighted by Gasteiger charge is 2.47. The molecular weight excluding hydrogens is 314 g/mol. The monoisotopic (exact) mass is 339 g/mol. The Balaban J connectivity index is 2.07. The Kier molecular flexibility index (Phi) is 6.30. The fourth-order valence-corrected chi connectivity index (χ4v) is 3.14. The van der Waals surface area contributed by atoms with E-state index in [1.807, 2.05) is 0 Å². The number of aliphatic hydroxyl groups is 8. The number of ether oxygens (including phenoxy) is 1. The maximum Gasteiger partial charge on any atom is 0.111 e. The summed E-state index contributed by atoms with van der Waals surface area (Å²) in [5.41, 5.74) is 0. The summed E-state index contributed by atoms with van der Waals surface area (Å²) in [7, 11) is 0. The Morgan fingerprint density at radius 1 is 0.609 bits per heavy atom. The van der Waals surface area contributed by atoms with Gasteiger partial charge in [-0.2, -0.15) is 0 Å². The molecule has 0 amide bonds. The first-order valence-electron chi connectivity index (χ1n) is 7.53. The van der Waals surface area contributed by atoms with E-state index in [-0.39, 0.29) is 6.42 Å². The summed E-state index contributed by atoms with van der Waals surface area (Å²) in [5.74, 6) is 0. The highest BCUT2D eigenvalue weighted by atomic mass is 16.5. The van der Waals surface area contributed by atoms with Crippen LogP contribution in [0.3, 0.4) is 0 Å². The number of rotatable bonds is 4. The van der Waals surface area contributed by atoms with Gasteiger partial charge in [-0.3, -0.25) is 0 Å². The second-order valence-electron chi connectivity index (χ2n) is 6.14. The van der Waals surface area contributed by atoms with Crippen LogP contribution in [0, 0.1) is 0 Å². The van der Waals surface area contributed by atoms with Gasteiger partial charge < -0.3 is 50.9 Å². The zero-order chi connectivity index (χ0) is 17.3. The highest BCUT2D eigenvalue weighted by Crippen LogP contribution is 2.27. The van der Waals surface area contributed by atoms with E-state index in [1.54, 1.807) is 0 Å². The number of piperidine rings is 1. The molecule has 2 saturated heterocycles. The van der Waals surface area contributed by atoms with Crippen molar-refractivity contribution in [3.8, 4) is 0 Å². The van der Waals surface area contributed by atoms with Gasteiger partial charge in [0.25, 0.3) is 0 Å². The molecule has 0 aromatic heterocycles. The SMILES string of the molecule is OC[C@H]1N[C@@H](C[C@H]2O[C@H](CO)[C@@H](O)[C@H](O)[C@@H]2O)[C@H](O)[C@@H](O)[C@H]1O. The van der Waals surface area contributed by atoms with Gasteiger partial charge in [0.1, 0.15) is 30.5 Å². The van der Waals surface area contributed by atoms with Crippen LogP contribution in [-0.4, -0.2) is 115 Å². The van der Waals surface area contributed by atoms with Crippen LogP contribution in [0.2, 0.25) is 0 Å². The van der Waals surface area contributed by atoms with Crippen LogP contribution in [0.4, 0.5) is 0 Å². The minimum atomic E-state index is -1.53. The standard InChI is InChI=1S/C13H25NO9/c15-2-5-9(18)12(21)8(17)4(14-5)1-6-10(19)13(22)11(20)7(3-16)23-6/h4-22H,1-3H2/t4-,5+,6+,7+,8-,9-,10+,11+,12+,13+/m0/s1. The van der Waals surface area contributed by atoms with Crippen LogP contribution in [0.5, 0.6) is 0 Å². The summed E-state index contributed by atoms with van der Waals surface area (Å²) in [6.07, 6.45) is -10.9. The van der Waals surface area contributed by atoms with E-state index in [0.29, 0.717) is 0 Å². The zero-order valence-electron chi connectivity index (χ0n) is 12.4. The summed E-state index contributed by atoms with van der Waals surface area (Å²) in [6.45, 7) is -1.04. The minimum Gasteiger partial charge on any atom is -0.395 e. The summed E-state index contributed by atoms with van der Waals surface area (Å²) < 4.78 is 5.34. The molecule has 0 spiro atoms. The van der Waals surface area contributed by atoms with Crippen LogP contribution in [0.1, 0.15) is 6.42 Å². The lowest BCUT2D eigenvalue weighted by molar-refractivity contribution is -0.235. The van der Waals surface area contributed by atoms with Crippen molar-refractivity contribution in [1.29, 1.82) is 0 Å². The van der Waals surface area contributed by atoms with Crippen LogP contribution in [-0.2, 0) is 4.74 Å². The number of nitrogens with one attached hydrogen (secondary N) is 1. The van der Waals surface area contributed by atoms with Crippen molar-refractivity contribution in [2.45, 2.75) is 67.3 Å². The predicted octanol–water partition coefficient (Wildman–Crippen LogP) is -5.37. The molecule has 10 atom stereocenters. The van der Waals surface area contributed by atoms with Crippen molar-refractivity contribution >= 4 is 0 Å². The van der Waals surface area contributed by atoms with Gasteiger partial charge in [0.15, 0.2) is 0 Å². The van der Waals surface area contributed by atoms with Gasteiger partial charge in [-0.1, -0.05) is 0 Å². The molecule has 2 rings (SSSR count). The maximum absolute atomic E-state index is 10.0. The predicted molar refractivity (Wildman–Crippen MR) is 74.2 cm³/mol. The molecule has 2 aliphatic heterocycles. The molecule has 0 aliphatic carbocycles. The quantitative estimate of drug-likeness (QED) is 0.240. The van der Waals surface area contributed by atoms with E-state index in [4.69, 9.17) is 9.84 Å². The van der Waals surface area contributed by atoms with Gasteiger partial charge in [0.2, 0.25) is 0 Å². The third-order valence-electron chi connectivity index (χ3n) is 4.63. The molecule has 0 bridgehead atoms. The van der Waals surface area contributed by atoms with E-state index in [9.17, 15) is 35.7 Å². The third-order valence-corrected chi connectivity index (χ3v) is 4.63. The van der Waals surface area contributed by atoms with Crippen molar-refractivity contribution in [2.24, 2.45) is 0 Å². The summed E-state index contributed by atoms with van der Waals surface area (Å²) in [5, 5.41) is 80.1. The van der Waals surface area contributed by atoms with Crippen molar-refractivity contribution in [2.75, 3.05) is 13.2 Å². The molecule has 0 radical (unpaired) electrons. The lowest BCUT2D eigenvalue weighted by Crippen LogP contribution is -2.67. The first kappa shape index (κ1) is 18.9. The fourth-order valence-electron chi connectivity index (χ4n) is 3.14. The third kappa shape index (κ3) is 3.66. The van der Waals surface area contributed by atoms with E-state index >= 15 is 0 Å². The Morgan fingerprint density at radius 2 is 1.13 bits per heavy atom. The molecule has 0 aromatic rings. The topological polar surface area (TPSA) is 183 Å². The van der Waals surface area contributed by atoms with Gasteiger partial charge in [0.05, 0.1) is 37.6 Å². The summed E-state index contributed by atoms with van der Waals surface area (Å²) in [6, 6.07) is -1.71. The molecule has 136 valence electrons. The first-order chi connectivity index (χ1) is 10.8. The zero-order valence-corrected chi connectivity index (χ0v) is 12.4. The lowest BCUT2D eigenvalue weighted by atomic mass is 9.85. The molecule has 2 heterocycles. The molecule has 2 fully saturated rings. The molecule has 0 unspecified atom stereocenters. The molecule has 10 heteroatoms. The van der Waals surface area contributed by atoms with Gasteiger partial charge in [-0.15, -0.1) is 0 Å². The second kappa shape index (κ2) is 7.66. The number of hydrogen-bond acceptors (Lipinski definition) is 10. The van der Waals surface area contributed by atoms with Gasteiger partial charge in [0, 0.05) is 6.04 Å². The van der Waals surface area contributed by atoms with Crippen molar-refractivity contribution in [3.05, 3.63) is 0 Å². The Labute approximate surface area is 132 Å². The van der Waals surface area contributed by atoms with E-state index in [0.717, 1.165) is 0 Å². The summed E-state index contributed by atoms with van der Waals surface area (Å²) >= 11 is 0. The fraction of sp³-hybridized carbons (Fsp3) is 1.00. The van der Waals surface area contributed by atoms with E-state index in [1.165, 1.54) is 0 Å². The molecule has 10 nitrogen and oxygen atoms in total. The smallest absolute Gasteiger partial charge is 0.111 e. The Morgan fingerprint density at radius 3 is 1.70 bits per heavy atom. The van der Waals surface area contributed by atoms with E-state index in [2.05, 4.69) is 5.32 Å². The molecular formula is C13H25NO9. The van der Waals surface area contributed by atoms with Crippen LogP contribution < -0.4 is 5.32 Å². The molecule has 0 aromatic carbocycles. The Hall–Kier alpha value is -0.400. The Bertz CT molecular complexity index is 348.